The fourth-order valence-corrected chi connectivity index (χ4v) is 15.3. The Morgan fingerprint density at radius 1 is 0.303 bits per heavy atom. The van der Waals surface area contributed by atoms with Crippen LogP contribution in [0.1, 0.15) is 11.1 Å². The molecule has 12 rings (SSSR count). The quantitative estimate of drug-likeness (QED) is 0.0779. The average molecular weight is 1020 g/mol. The minimum atomic E-state index is -5.03. The Balaban J connectivity index is 1.15. The summed E-state index contributed by atoms with van der Waals surface area (Å²) in [7, 11) is -2.99. The fraction of sp³-hybridized carbons (Fsp3) is 0.0308. The minimum Gasteiger partial charge on any atom is -0.308 e. The summed E-state index contributed by atoms with van der Waals surface area (Å²) in [5, 5.41) is 6.33. The van der Waals surface area contributed by atoms with E-state index in [0.717, 1.165) is 55.9 Å². The van der Waals surface area contributed by atoms with Crippen molar-refractivity contribution in [2.24, 2.45) is 0 Å². The van der Waals surface area contributed by atoms with Crippen molar-refractivity contribution in [3.05, 3.63) is 266 Å². The lowest BCUT2D eigenvalue weighted by Gasteiger charge is -2.34. The Bertz CT molecular complexity index is 3890. The van der Waals surface area contributed by atoms with Gasteiger partial charge in [-0.25, -0.2) is 15.0 Å². The van der Waals surface area contributed by atoms with Gasteiger partial charge in [0.2, 0.25) is 0 Å². The highest BCUT2D eigenvalue weighted by atomic mass is 28.3. The standard InChI is InChI=1S/C65H42F6N4Si/c66-64(67,68)49-37-48(38-50(42-49)65(69,70)71)47-33-35-56-55-31-16-17-32-58(55)75(59(56)41-47)60-40-46(34-36-57(60)63-73-61(43-19-6-1-7-20-43)72-62(74-63)44-21-8-2-9-22-44)45-23-18-30-54(39-45)76(51-24-10-3-11-25-51,52-26-12-4-13-27-52)53-28-14-5-15-29-53/h1-42H. The predicted molar refractivity (Wildman–Crippen MR) is 295 cm³/mol. The van der Waals surface area contributed by atoms with Gasteiger partial charge in [-0.15, -0.1) is 0 Å². The lowest BCUT2D eigenvalue weighted by molar-refractivity contribution is -0.143. The maximum atomic E-state index is 14.4. The molecule has 0 fully saturated rings. The van der Waals surface area contributed by atoms with E-state index in [1.54, 1.807) is 18.2 Å². The van der Waals surface area contributed by atoms with Crippen molar-refractivity contribution in [1.82, 2.24) is 19.5 Å². The SMILES string of the molecule is FC(F)(F)c1cc(-c2ccc3c4ccccc4n(-c4cc(-c5cccc([Si](c6ccccc6)(c6ccccc6)c6ccccc6)c5)ccc4-c4nc(-c5ccccc5)nc(-c5ccccc5)n4)c3c2)cc(C(F)(F)F)c1. The highest BCUT2D eigenvalue weighted by Gasteiger charge is 2.42. The number of fused-ring (bicyclic) bond motifs is 3. The van der Waals surface area contributed by atoms with E-state index in [4.69, 9.17) is 15.0 Å². The van der Waals surface area contributed by atoms with Gasteiger partial charge in [-0.1, -0.05) is 212 Å². The summed E-state index contributed by atoms with van der Waals surface area (Å²) in [4.78, 5) is 15.3. The van der Waals surface area contributed by atoms with Gasteiger partial charge in [0.15, 0.2) is 25.5 Å². The minimum absolute atomic E-state index is 0.153. The van der Waals surface area contributed by atoms with Gasteiger partial charge in [0.1, 0.15) is 0 Å². The fourth-order valence-electron chi connectivity index (χ4n) is 10.5. The van der Waals surface area contributed by atoms with Gasteiger partial charge in [-0.3, -0.25) is 0 Å². The number of hydrogen-bond donors (Lipinski definition) is 0. The van der Waals surface area contributed by atoms with Gasteiger partial charge >= 0.3 is 12.4 Å². The van der Waals surface area contributed by atoms with Gasteiger partial charge in [-0.2, -0.15) is 26.3 Å². The molecule has 0 atom stereocenters. The molecule has 0 aliphatic carbocycles. The Kier molecular flexibility index (Phi) is 12.1. The summed E-state index contributed by atoms with van der Waals surface area (Å²) in [6, 6.07) is 80.3. The zero-order chi connectivity index (χ0) is 52.0. The molecule has 0 N–H and O–H groups in total. The molecule has 11 heteroatoms. The lowest BCUT2D eigenvalue weighted by Crippen LogP contribution is -2.74. The molecule has 0 spiro atoms. The van der Waals surface area contributed by atoms with Crippen LogP contribution in [0.2, 0.25) is 0 Å². The molecule has 10 aromatic carbocycles. The summed E-state index contributed by atoms with van der Waals surface area (Å²) < 4.78 is 88.1. The van der Waals surface area contributed by atoms with Crippen LogP contribution in [0.25, 0.3) is 83.9 Å². The number of rotatable bonds is 10. The van der Waals surface area contributed by atoms with Crippen LogP contribution < -0.4 is 20.7 Å². The van der Waals surface area contributed by atoms with Crippen molar-refractivity contribution in [1.29, 1.82) is 0 Å². The van der Waals surface area contributed by atoms with Crippen molar-refractivity contribution in [3.8, 4) is 62.1 Å². The smallest absolute Gasteiger partial charge is 0.308 e. The lowest BCUT2D eigenvalue weighted by atomic mass is 9.98. The van der Waals surface area contributed by atoms with Crippen molar-refractivity contribution in [2.75, 3.05) is 0 Å². The molecule has 0 bridgehead atoms. The first-order chi connectivity index (χ1) is 36.9. The van der Waals surface area contributed by atoms with E-state index < -0.39 is 31.6 Å². The van der Waals surface area contributed by atoms with E-state index >= 15 is 0 Å². The molecule has 0 radical (unpaired) electrons. The first kappa shape index (κ1) is 47.8. The predicted octanol–water partition coefficient (Wildman–Crippen LogP) is 14.7. The van der Waals surface area contributed by atoms with Crippen LogP contribution in [0.3, 0.4) is 0 Å². The van der Waals surface area contributed by atoms with E-state index in [1.165, 1.54) is 15.6 Å². The monoisotopic (exact) mass is 1020 g/mol. The van der Waals surface area contributed by atoms with Gasteiger partial charge in [0.25, 0.3) is 0 Å². The summed E-state index contributed by atoms with van der Waals surface area (Å²) in [5.74, 6) is 1.22. The van der Waals surface area contributed by atoms with Gasteiger partial charge in [0.05, 0.1) is 27.8 Å². The molecule has 4 nitrogen and oxygen atoms in total. The van der Waals surface area contributed by atoms with Gasteiger partial charge in [-0.05, 0) is 85.5 Å². The summed E-state index contributed by atoms with van der Waals surface area (Å²) in [6.07, 6.45) is -10.1. The molecular formula is C65H42F6N4Si. The van der Waals surface area contributed by atoms with E-state index in [0.29, 0.717) is 34.2 Å². The Morgan fingerprint density at radius 2 is 0.724 bits per heavy atom. The average Bonchev–Trinajstić information content (AvgIpc) is 3.96. The molecular weight excluding hydrogens is 979 g/mol. The molecule has 12 aromatic rings. The summed E-state index contributed by atoms with van der Waals surface area (Å²) in [6.45, 7) is 0. The molecule has 76 heavy (non-hydrogen) atoms. The number of para-hydroxylation sites is 1. The summed E-state index contributed by atoms with van der Waals surface area (Å²) >= 11 is 0. The van der Waals surface area contributed by atoms with E-state index in [9.17, 15) is 26.3 Å². The van der Waals surface area contributed by atoms with Crippen LogP contribution in [0, 0.1) is 0 Å². The van der Waals surface area contributed by atoms with E-state index in [-0.39, 0.29) is 17.2 Å². The Hall–Kier alpha value is -9.19. The number of alkyl halides is 6. The molecule has 0 amide bonds. The third-order valence-corrected chi connectivity index (χ3v) is 18.8. The summed E-state index contributed by atoms with van der Waals surface area (Å²) in [5.41, 5.74) is 2.94. The molecule has 0 aliphatic rings. The third kappa shape index (κ3) is 8.73. The molecule has 2 heterocycles. The van der Waals surface area contributed by atoms with Crippen LogP contribution in [0.5, 0.6) is 0 Å². The second-order valence-electron chi connectivity index (χ2n) is 18.6. The van der Waals surface area contributed by atoms with Gasteiger partial charge < -0.3 is 4.57 Å². The third-order valence-electron chi connectivity index (χ3n) is 14.0. The van der Waals surface area contributed by atoms with Crippen molar-refractivity contribution in [2.45, 2.75) is 12.4 Å². The molecule has 368 valence electrons. The maximum Gasteiger partial charge on any atom is 0.416 e. The first-order valence-corrected chi connectivity index (χ1v) is 26.6. The Morgan fingerprint density at radius 3 is 1.26 bits per heavy atom. The number of benzene rings is 10. The maximum absolute atomic E-state index is 14.4. The molecule has 0 saturated carbocycles. The number of nitrogens with zero attached hydrogens (tertiary/aromatic N) is 4. The number of aromatic nitrogens is 4. The highest BCUT2D eigenvalue weighted by molar-refractivity contribution is 7.19. The normalized spacial score (nSPS) is 12.1. The van der Waals surface area contributed by atoms with Crippen molar-refractivity contribution in [3.63, 3.8) is 0 Å². The van der Waals surface area contributed by atoms with Crippen LogP contribution in [-0.2, 0) is 12.4 Å². The van der Waals surface area contributed by atoms with Crippen LogP contribution in [-0.4, -0.2) is 27.6 Å². The van der Waals surface area contributed by atoms with E-state index in [1.807, 2.05) is 120 Å². The molecule has 0 aliphatic heterocycles. The topological polar surface area (TPSA) is 43.6 Å². The first-order valence-electron chi connectivity index (χ1n) is 24.6. The molecule has 0 saturated heterocycles. The zero-order valence-electron chi connectivity index (χ0n) is 40.3. The molecule has 0 unspecified atom stereocenters. The highest BCUT2D eigenvalue weighted by Crippen LogP contribution is 2.42. The second kappa shape index (κ2) is 19.3. The number of halogens is 6. The van der Waals surface area contributed by atoms with E-state index in [2.05, 4.69) is 103 Å². The van der Waals surface area contributed by atoms with Crippen LogP contribution in [0.15, 0.2) is 255 Å². The molecule has 2 aromatic heterocycles. The van der Waals surface area contributed by atoms with Gasteiger partial charge in [0, 0.05) is 27.5 Å². The van der Waals surface area contributed by atoms with Crippen LogP contribution >= 0.6 is 0 Å². The number of hydrogen-bond acceptors (Lipinski definition) is 3. The van der Waals surface area contributed by atoms with Crippen LogP contribution in [0.4, 0.5) is 26.3 Å². The van der Waals surface area contributed by atoms with Crippen molar-refractivity contribution >= 4 is 50.6 Å². The van der Waals surface area contributed by atoms with Crippen molar-refractivity contribution < 1.29 is 26.3 Å². The Labute approximate surface area is 434 Å². The largest absolute Gasteiger partial charge is 0.416 e. The zero-order valence-corrected chi connectivity index (χ0v) is 41.3. The second-order valence-corrected chi connectivity index (χ2v) is 22.4.